The van der Waals surface area contributed by atoms with Crippen LogP contribution in [0.1, 0.15) is 33.6 Å². The first-order valence-corrected chi connectivity index (χ1v) is 5.40. The molecule has 2 nitrogen and oxygen atoms in total. The van der Waals surface area contributed by atoms with Crippen LogP contribution in [0.3, 0.4) is 0 Å². The minimum absolute atomic E-state index is 0.0391. The van der Waals surface area contributed by atoms with Crippen molar-refractivity contribution in [1.82, 2.24) is 4.90 Å². The van der Waals surface area contributed by atoms with Crippen LogP contribution >= 0.6 is 11.6 Å². The maximum absolute atomic E-state index is 11.8. The van der Waals surface area contributed by atoms with Gasteiger partial charge in [0.05, 0.1) is 0 Å². The van der Waals surface area contributed by atoms with Crippen molar-refractivity contribution in [3.05, 3.63) is 0 Å². The molecule has 1 unspecified atom stereocenters. The molecule has 3 heteroatoms. The minimum Gasteiger partial charge on any atom is -0.337 e. The third-order valence-corrected chi connectivity index (χ3v) is 3.28. The molecule has 0 aromatic carbocycles. The Morgan fingerprint density at radius 1 is 1.62 bits per heavy atom. The number of nitrogens with zero attached hydrogens (tertiary/aromatic N) is 1. The summed E-state index contributed by atoms with van der Waals surface area (Å²) in [4.78, 5) is 13.8. The van der Waals surface area contributed by atoms with Gasteiger partial charge in [0.25, 0.3) is 0 Å². The van der Waals surface area contributed by atoms with Gasteiger partial charge in [-0.05, 0) is 26.7 Å². The average molecular weight is 204 g/mol. The van der Waals surface area contributed by atoms with E-state index >= 15 is 0 Å². The first-order chi connectivity index (χ1) is 5.99. The van der Waals surface area contributed by atoms with Crippen LogP contribution < -0.4 is 0 Å². The molecule has 1 amide bonds. The highest BCUT2D eigenvalue weighted by Gasteiger charge is 2.36. The van der Waals surface area contributed by atoms with E-state index in [2.05, 4.69) is 13.8 Å². The summed E-state index contributed by atoms with van der Waals surface area (Å²) in [6.07, 6.45) is 2.22. The van der Waals surface area contributed by atoms with Crippen LogP contribution in [0.15, 0.2) is 0 Å². The highest BCUT2D eigenvalue weighted by Crippen LogP contribution is 2.29. The van der Waals surface area contributed by atoms with E-state index in [-0.39, 0.29) is 17.4 Å². The molecule has 0 aromatic heterocycles. The van der Waals surface area contributed by atoms with Gasteiger partial charge in [-0.3, -0.25) is 4.79 Å². The van der Waals surface area contributed by atoms with Crippen molar-refractivity contribution in [2.24, 2.45) is 5.92 Å². The van der Waals surface area contributed by atoms with Gasteiger partial charge >= 0.3 is 0 Å². The first kappa shape index (κ1) is 10.8. The van der Waals surface area contributed by atoms with E-state index in [4.69, 9.17) is 11.6 Å². The Balaban J connectivity index is 2.66. The Hall–Kier alpha value is -0.240. The fourth-order valence-electron chi connectivity index (χ4n) is 1.85. The van der Waals surface area contributed by atoms with E-state index in [1.54, 1.807) is 0 Å². The van der Waals surface area contributed by atoms with Crippen LogP contribution in [0.2, 0.25) is 0 Å². The van der Waals surface area contributed by atoms with Crippen LogP contribution in [0.25, 0.3) is 0 Å². The van der Waals surface area contributed by atoms with E-state index < -0.39 is 0 Å². The fraction of sp³-hybridized carbons (Fsp3) is 0.900. The summed E-state index contributed by atoms with van der Waals surface area (Å²) in [5, 5.41) is 0. The summed E-state index contributed by atoms with van der Waals surface area (Å²) in [5.41, 5.74) is 0.0391. The number of carbonyl (C=O) groups excluding carboxylic acids is 1. The van der Waals surface area contributed by atoms with Crippen molar-refractivity contribution in [2.75, 3.05) is 12.4 Å². The van der Waals surface area contributed by atoms with E-state index in [1.165, 1.54) is 0 Å². The van der Waals surface area contributed by atoms with E-state index in [9.17, 15) is 4.79 Å². The zero-order chi connectivity index (χ0) is 10.1. The van der Waals surface area contributed by atoms with Gasteiger partial charge in [0, 0.05) is 23.9 Å². The zero-order valence-corrected chi connectivity index (χ0v) is 9.40. The Kier molecular flexibility index (Phi) is 3.23. The molecule has 1 rings (SSSR count). The smallest absolute Gasteiger partial charge is 0.227 e. The highest BCUT2D eigenvalue weighted by molar-refractivity contribution is 6.19. The van der Waals surface area contributed by atoms with Crippen molar-refractivity contribution >= 4 is 17.5 Å². The lowest BCUT2D eigenvalue weighted by Crippen LogP contribution is -2.45. The third kappa shape index (κ3) is 2.16. The lowest BCUT2D eigenvalue weighted by atomic mass is 10.0. The SMILES string of the molecule is CC(CCl)C(=O)N1CCCC1(C)C. The van der Waals surface area contributed by atoms with Gasteiger partial charge in [0.2, 0.25) is 5.91 Å². The number of hydrogen-bond donors (Lipinski definition) is 0. The largest absolute Gasteiger partial charge is 0.337 e. The molecule has 76 valence electrons. The molecule has 0 bridgehead atoms. The summed E-state index contributed by atoms with van der Waals surface area (Å²) in [6.45, 7) is 7.04. The molecule has 1 fully saturated rings. The number of hydrogen-bond acceptors (Lipinski definition) is 1. The highest BCUT2D eigenvalue weighted by atomic mass is 35.5. The number of carbonyl (C=O) groups is 1. The van der Waals surface area contributed by atoms with Crippen LogP contribution in [0.5, 0.6) is 0 Å². The monoisotopic (exact) mass is 203 g/mol. The van der Waals surface area contributed by atoms with Crippen LogP contribution in [0, 0.1) is 5.92 Å². The predicted molar refractivity (Wildman–Crippen MR) is 54.9 cm³/mol. The molecule has 0 radical (unpaired) electrons. The molecule has 13 heavy (non-hydrogen) atoms. The summed E-state index contributed by atoms with van der Waals surface area (Å²) < 4.78 is 0. The normalized spacial score (nSPS) is 23.2. The topological polar surface area (TPSA) is 20.3 Å². The van der Waals surface area contributed by atoms with Crippen LogP contribution in [-0.4, -0.2) is 28.8 Å². The third-order valence-electron chi connectivity index (χ3n) is 2.82. The maximum atomic E-state index is 11.8. The van der Waals surface area contributed by atoms with Crippen molar-refractivity contribution in [1.29, 1.82) is 0 Å². The molecule has 1 aliphatic heterocycles. The molecular weight excluding hydrogens is 186 g/mol. The molecule has 0 spiro atoms. The first-order valence-electron chi connectivity index (χ1n) is 4.86. The molecule has 0 saturated carbocycles. The number of likely N-dealkylation sites (tertiary alicyclic amines) is 1. The number of alkyl halides is 1. The van der Waals surface area contributed by atoms with Crippen LogP contribution in [-0.2, 0) is 4.79 Å². The van der Waals surface area contributed by atoms with Gasteiger partial charge in [-0.1, -0.05) is 6.92 Å². The zero-order valence-electron chi connectivity index (χ0n) is 8.64. The van der Waals surface area contributed by atoms with Gasteiger partial charge in [-0.15, -0.1) is 11.6 Å². The van der Waals surface area contributed by atoms with E-state index in [0.717, 1.165) is 19.4 Å². The maximum Gasteiger partial charge on any atom is 0.227 e. The van der Waals surface area contributed by atoms with Gasteiger partial charge in [0.15, 0.2) is 0 Å². The second kappa shape index (κ2) is 3.87. The molecular formula is C10H18ClNO. The van der Waals surface area contributed by atoms with Crippen molar-refractivity contribution in [2.45, 2.75) is 39.2 Å². The second-order valence-electron chi connectivity index (χ2n) is 4.46. The Morgan fingerprint density at radius 3 is 2.62 bits per heavy atom. The number of rotatable bonds is 2. The quantitative estimate of drug-likeness (QED) is 0.631. The lowest BCUT2D eigenvalue weighted by Gasteiger charge is -2.33. The molecule has 1 saturated heterocycles. The van der Waals surface area contributed by atoms with Crippen LogP contribution in [0.4, 0.5) is 0 Å². The van der Waals surface area contributed by atoms with Gasteiger partial charge < -0.3 is 4.90 Å². The summed E-state index contributed by atoms with van der Waals surface area (Å²) >= 11 is 5.67. The van der Waals surface area contributed by atoms with Crippen molar-refractivity contribution in [3.8, 4) is 0 Å². The summed E-state index contributed by atoms with van der Waals surface area (Å²) in [7, 11) is 0. The predicted octanol–water partition coefficient (Wildman–Crippen LogP) is 2.26. The Labute approximate surface area is 85.2 Å². The van der Waals surface area contributed by atoms with Crippen molar-refractivity contribution < 1.29 is 4.79 Å². The lowest BCUT2D eigenvalue weighted by molar-refractivity contribution is -0.137. The molecule has 0 aliphatic carbocycles. The van der Waals surface area contributed by atoms with Gasteiger partial charge in [0.1, 0.15) is 0 Å². The van der Waals surface area contributed by atoms with E-state index in [0.29, 0.717) is 5.88 Å². The second-order valence-corrected chi connectivity index (χ2v) is 4.77. The molecule has 1 atom stereocenters. The summed E-state index contributed by atoms with van der Waals surface area (Å²) in [6, 6.07) is 0. The Morgan fingerprint density at radius 2 is 2.23 bits per heavy atom. The molecule has 1 aliphatic rings. The summed E-state index contributed by atoms with van der Waals surface area (Å²) in [5.74, 6) is 0.586. The number of amides is 1. The van der Waals surface area contributed by atoms with Gasteiger partial charge in [-0.2, -0.15) is 0 Å². The van der Waals surface area contributed by atoms with Gasteiger partial charge in [-0.25, -0.2) is 0 Å². The molecule has 0 aromatic rings. The standard InChI is InChI=1S/C10H18ClNO/c1-8(7-11)9(13)12-6-4-5-10(12,2)3/h8H,4-7H2,1-3H3. The molecule has 1 heterocycles. The number of halogens is 1. The van der Waals surface area contributed by atoms with Crippen molar-refractivity contribution in [3.63, 3.8) is 0 Å². The fourth-order valence-corrected chi connectivity index (χ4v) is 1.98. The van der Waals surface area contributed by atoms with E-state index in [1.807, 2.05) is 11.8 Å². The Bertz CT molecular complexity index is 203. The molecule has 0 N–H and O–H groups in total. The average Bonchev–Trinajstić information content (AvgIpc) is 2.42. The minimum atomic E-state index is -0.0426.